The average Bonchev–Trinajstić information content (AvgIpc) is 2.35. The number of aliphatic hydroxyl groups excluding tert-OH is 2. The van der Waals surface area contributed by atoms with Crippen molar-refractivity contribution in [2.24, 2.45) is 0 Å². The van der Waals surface area contributed by atoms with Crippen molar-refractivity contribution in [3.63, 3.8) is 0 Å². The maximum absolute atomic E-state index is 10.0. The molecule has 2 N–H and O–H groups in total. The molecule has 0 heterocycles. The topological polar surface area (TPSA) is 43.7 Å². The van der Waals surface area contributed by atoms with E-state index in [1.165, 1.54) is 0 Å². The molecule has 0 saturated heterocycles. The molecule has 0 fully saturated rings. The van der Waals surface area contributed by atoms with Crippen LogP contribution in [0.4, 0.5) is 0 Å². The minimum Gasteiger partial charge on any atom is -0.396 e. The Morgan fingerprint density at radius 3 is 2.50 bits per heavy atom. The lowest BCUT2D eigenvalue weighted by Gasteiger charge is -2.23. The van der Waals surface area contributed by atoms with Gasteiger partial charge in [-0.05, 0) is 18.5 Å². The SMILES string of the molecule is CCN(CCCO)CC(O)c1ccccc1. The van der Waals surface area contributed by atoms with E-state index in [4.69, 9.17) is 5.11 Å². The molecule has 0 bridgehead atoms. The van der Waals surface area contributed by atoms with Crippen molar-refractivity contribution in [3.8, 4) is 0 Å². The van der Waals surface area contributed by atoms with Crippen LogP contribution in [0.1, 0.15) is 25.0 Å². The zero-order valence-corrected chi connectivity index (χ0v) is 9.84. The summed E-state index contributed by atoms with van der Waals surface area (Å²) in [4.78, 5) is 2.15. The van der Waals surface area contributed by atoms with Crippen LogP contribution in [-0.2, 0) is 0 Å². The lowest BCUT2D eigenvalue weighted by atomic mass is 10.1. The lowest BCUT2D eigenvalue weighted by Crippen LogP contribution is -2.30. The van der Waals surface area contributed by atoms with Crippen LogP contribution in [0, 0.1) is 0 Å². The van der Waals surface area contributed by atoms with Crippen molar-refractivity contribution < 1.29 is 10.2 Å². The number of aliphatic hydroxyl groups is 2. The van der Waals surface area contributed by atoms with Gasteiger partial charge in [-0.1, -0.05) is 37.3 Å². The summed E-state index contributed by atoms with van der Waals surface area (Å²) in [6.07, 6.45) is 0.315. The second-order valence-electron chi connectivity index (χ2n) is 3.90. The molecule has 1 atom stereocenters. The molecule has 1 rings (SSSR count). The maximum Gasteiger partial charge on any atom is 0.0916 e. The summed E-state index contributed by atoms with van der Waals surface area (Å²) in [5, 5.41) is 18.8. The molecule has 0 amide bonds. The molecule has 1 aromatic rings. The van der Waals surface area contributed by atoms with Crippen LogP contribution >= 0.6 is 0 Å². The third-order valence-corrected chi connectivity index (χ3v) is 2.70. The summed E-state index contributed by atoms with van der Waals surface area (Å²) in [5.41, 5.74) is 0.949. The van der Waals surface area contributed by atoms with E-state index < -0.39 is 6.10 Å². The van der Waals surface area contributed by atoms with Crippen LogP contribution in [0.3, 0.4) is 0 Å². The van der Waals surface area contributed by atoms with E-state index in [9.17, 15) is 5.11 Å². The number of hydrogen-bond donors (Lipinski definition) is 2. The molecule has 1 unspecified atom stereocenters. The fourth-order valence-corrected chi connectivity index (χ4v) is 1.70. The first-order valence-electron chi connectivity index (χ1n) is 5.84. The zero-order chi connectivity index (χ0) is 11.8. The van der Waals surface area contributed by atoms with Gasteiger partial charge in [0.2, 0.25) is 0 Å². The third kappa shape index (κ3) is 4.31. The van der Waals surface area contributed by atoms with Crippen molar-refractivity contribution in [2.75, 3.05) is 26.2 Å². The fourth-order valence-electron chi connectivity index (χ4n) is 1.70. The van der Waals surface area contributed by atoms with E-state index in [1.54, 1.807) is 0 Å². The number of hydrogen-bond acceptors (Lipinski definition) is 3. The lowest BCUT2D eigenvalue weighted by molar-refractivity contribution is 0.111. The molecular formula is C13H21NO2. The highest BCUT2D eigenvalue weighted by molar-refractivity contribution is 5.17. The van der Waals surface area contributed by atoms with E-state index in [-0.39, 0.29) is 6.61 Å². The van der Waals surface area contributed by atoms with Gasteiger partial charge >= 0.3 is 0 Å². The number of rotatable bonds is 7. The molecule has 16 heavy (non-hydrogen) atoms. The summed E-state index contributed by atoms with van der Waals surface area (Å²) in [6.45, 7) is 4.62. The van der Waals surface area contributed by atoms with Crippen LogP contribution in [0.15, 0.2) is 30.3 Å². The molecule has 90 valence electrons. The molecule has 0 aliphatic rings. The Balaban J connectivity index is 2.45. The van der Waals surface area contributed by atoms with E-state index in [0.29, 0.717) is 6.54 Å². The molecule has 0 aliphatic heterocycles. The number of benzene rings is 1. The monoisotopic (exact) mass is 223 g/mol. The quantitative estimate of drug-likeness (QED) is 0.735. The van der Waals surface area contributed by atoms with Gasteiger partial charge in [0.15, 0.2) is 0 Å². The van der Waals surface area contributed by atoms with Gasteiger partial charge in [0, 0.05) is 19.7 Å². The smallest absolute Gasteiger partial charge is 0.0916 e. The average molecular weight is 223 g/mol. The highest BCUT2D eigenvalue weighted by atomic mass is 16.3. The summed E-state index contributed by atoms with van der Waals surface area (Å²) in [5.74, 6) is 0. The first kappa shape index (κ1) is 13.2. The van der Waals surface area contributed by atoms with Crippen LogP contribution in [0.2, 0.25) is 0 Å². The van der Waals surface area contributed by atoms with Crippen molar-refractivity contribution in [3.05, 3.63) is 35.9 Å². The number of nitrogens with zero attached hydrogens (tertiary/aromatic N) is 1. The molecule has 0 aliphatic carbocycles. The van der Waals surface area contributed by atoms with Gasteiger partial charge in [0.05, 0.1) is 6.10 Å². The van der Waals surface area contributed by atoms with E-state index in [2.05, 4.69) is 11.8 Å². The number of likely N-dealkylation sites (N-methyl/N-ethyl adjacent to an activating group) is 1. The largest absolute Gasteiger partial charge is 0.396 e. The van der Waals surface area contributed by atoms with Crippen LogP contribution in [0.5, 0.6) is 0 Å². The standard InChI is InChI=1S/C13H21NO2/c1-2-14(9-6-10-15)11-13(16)12-7-4-3-5-8-12/h3-5,7-8,13,15-16H,2,6,9-11H2,1H3. The van der Waals surface area contributed by atoms with Gasteiger partial charge in [-0.2, -0.15) is 0 Å². The van der Waals surface area contributed by atoms with Gasteiger partial charge in [-0.25, -0.2) is 0 Å². The van der Waals surface area contributed by atoms with Crippen LogP contribution < -0.4 is 0 Å². The van der Waals surface area contributed by atoms with Crippen molar-refractivity contribution >= 4 is 0 Å². The van der Waals surface area contributed by atoms with Gasteiger partial charge in [-0.3, -0.25) is 0 Å². The summed E-state index contributed by atoms with van der Waals surface area (Å²) in [6, 6.07) is 9.68. The van der Waals surface area contributed by atoms with E-state index >= 15 is 0 Å². The highest BCUT2D eigenvalue weighted by Crippen LogP contribution is 2.13. The van der Waals surface area contributed by atoms with Crippen LogP contribution in [0.25, 0.3) is 0 Å². The Labute approximate surface area is 97.3 Å². The highest BCUT2D eigenvalue weighted by Gasteiger charge is 2.11. The Morgan fingerprint density at radius 2 is 1.94 bits per heavy atom. The predicted molar refractivity (Wildman–Crippen MR) is 65.2 cm³/mol. The first-order valence-corrected chi connectivity index (χ1v) is 5.84. The Hall–Kier alpha value is -0.900. The minimum atomic E-state index is -0.445. The molecule has 0 radical (unpaired) electrons. The summed E-state index contributed by atoms with van der Waals surface area (Å²) < 4.78 is 0. The van der Waals surface area contributed by atoms with Crippen molar-refractivity contribution in [1.82, 2.24) is 4.90 Å². The Morgan fingerprint density at radius 1 is 1.25 bits per heavy atom. The first-order chi connectivity index (χ1) is 7.77. The van der Waals surface area contributed by atoms with Crippen molar-refractivity contribution in [2.45, 2.75) is 19.4 Å². The van der Waals surface area contributed by atoms with Gasteiger partial charge in [0.25, 0.3) is 0 Å². The van der Waals surface area contributed by atoms with Crippen molar-refractivity contribution in [1.29, 1.82) is 0 Å². The van der Waals surface area contributed by atoms with Crippen LogP contribution in [-0.4, -0.2) is 41.4 Å². The Kier molecular flexibility index (Phi) is 6.08. The Bertz CT molecular complexity index is 277. The van der Waals surface area contributed by atoms with Gasteiger partial charge < -0.3 is 15.1 Å². The summed E-state index contributed by atoms with van der Waals surface area (Å²) >= 11 is 0. The van der Waals surface area contributed by atoms with Gasteiger partial charge in [0.1, 0.15) is 0 Å². The predicted octanol–water partition coefficient (Wildman–Crippen LogP) is 1.42. The van der Waals surface area contributed by atoms with Gasteiger partial charge in [-0.15, -0.1) is 0 Å². The normalized spacial score (nSPS) is 13.0. The zero-order valence-electron chi connectivity index (χ0n) is 9.84. The third-order valence-electron chi connectivity index (χ3n) is 2.70. The molecular weight excluding hydrogens is 202 g/mol. The van der Waals surface area contributed by atoms with E-state index in [0.717, 1.165) is 25.1 Å². The molecule has 0 saturated carbocycles. The second-order valence-corrected chi connectivity index (χ2v) is 3.90. The fraction of sp³-hybridized carbons (Fsp3) is 0.538. The minimum absolute atomic E-state index is 0.206. The maximum atomic E-state index is 10.0. The summed E-state index contributed by atoms with van der Waals surface area (Å²) in [7, 11) is 0. The second kappa shape index (κ2) is 7.39. The molecule has 1 aromatic carbocycles. The molecule has 3 heteroatoms. The van der Waals surface area contributed by atoms with E-state index in [1.807, 2.05) is 30.3 Å². The molecule has 3 nitrogen and oxygen atoms in total. The molecule has 0 spiro atoms. The molecule has 0 aromatic heterocycles.